The van der Waals surface area contributed by atoms with Crippen molar-refractivity contribution in [3.8, 4) is 16.9 Å². The van der Waals surface area contributed by atoms with E-state index < -0.39 is 0 Å². The largest absolute Gasteiger partial charge is 0.382 e. The maximum Gasteiger partial charge on any atom is 0.178 e. The molecule has 2 N–H and O–H groups in total. The summed E-state index contributed by atoms with van der Waals surface area (Å²) in [6.07, 6.45) is 0. The molecule has 1 aromatic heterocycles. The molecule has 0 saturated heterocycles. The zero-order valence-electron chi connectivity index (χ0n) is 10.9. The summed E-state index contributed by atoms with van der Waals surface area (Å²) in [5, 5.41) is 7.91. The number of nitrogen functional groups attached to an aromatic ring is 1. The first kappa shape index (κ1) is 13.3. The molecule has 0 fully saturated rings. The standard InChI is InChI=1S/C15H11ClN4O/c16-11-8-4-5-9-12(11)20-15(17)14(19-21)13(18-20)10-6-2-1-3-7-10/h1-9H,17H2. The number of nitrogens with zero attached hydrogens (tertiary/aromatic N) is 3. The van der Waals surface area contributed by atoms with E-state index >= 15 is 0 Å². The second-order valence-corrected chi connectivity index (χ2v) is 4.81. The van der Waals surface area contributed by atoms with Gasteiger partial charge >= 0.3 is 0 Å². The van der Waals surface area contributed by atoms with E-state index in [4.69, 9.17) is 17.3 Å². The molecule has 3 aromatic rings. The van der Waals surface area contributed by atoms with E-state index in [0.717, 1.165) is 5.56 Å². The molecule has 0 unspecified atom stereocenters. The number of rotatable bonds is 3. The predicted molar refractivity (Wildman–Crippen MR) is 83.9 cm³/mol. The van der Waals surface area contributed by atoms with Gasteiger partial charge in [0.15, 0.2) is 11.5 Å². The van der Waals surface area contributed by atoms with Gasteiger partial charge in [0.05, 0.1) is 10.7 Å². The average molecular weight is 299 g/mol. The monoisotopic (exact) mass is 298 g/mol. The normalized spacial score (nSPS) is 10.5. The van der Waals surface area contributed by atoms with Crippen LogP contribution in [0, 0.1) is 4.91 Å². The molecule has 0 aliphatic rings. The molecule has 104 valence electrons. The Morgan fingerprint density at radius 2 is 1.71 bits per heavy atom. The zero-order chi connectivity index (χ0) is 14.8. The van der Waals surface area contributed by atoms with Crippen LogP contribution >= 0.6 is 11.6 Å². The van der Waals surface area contributed by atoms with Crippen LogP contribution in [0.4, 0.5) is 11.5 Å². The number of hydrogen-bond donors (Lipinski definition) is 1. The number of hydrogen-bond acceptors (Lipinski definition) is 4. The highest BCUT2D eigenvalue weighted by Gasteiger charge is 2.19. The lowest BCUT2D eigenvalue weighted by Crippen LogP contribution is -2.02. The molecule has 6 heteroatoms. The third kappa shape index (κ3) is 2.28. The molecule has 3 rings (SSSR count). The van der Waals surface area contributed by atoms with Gasteiger partial charge in [0.1, 0.15) is 5.69 Å². The molecule has 0 atom stereocenters. The lowest BCUT2D eigenvalue weighted by Gasteiger charge is -2.05. The number of anilines is 1. The van der Waals surface area contributed by atoms with Gasteiger partial charge in [-0.3, -0.25) is 0 Å². The summed E-state index contributed by atoms with van der Waals surface area (Å²) in [7, 11) is 0. The van der Waals surface area contributed by atoms with Gasteiger partial charge in [0, 0.05) is 5.56 Å². The van der Waals surface area contributed by atoms with Gasteiger partial charge in [-0.15, -0.1) is 4.91 Å². The number of nitrogens with two attached hydrogens (primary N) is 1. The molecular weight excluding hydrogens is 288 g/mol. The first-order chi connectivity index (χ1) is 10.2. The summed E-state index contributed by atoms with van der Waals surface area (Å²) in [5.74, 6) is 0.164. The topological polar surface area (TPSA) is 73.3 Å². The Morgan fingerprint density at radius 3 is 2.38 bits per heavy atom. The molecule has 0 spiro atoms. The van der Waals surface area contributed by atoms with Crippen LogP contribution in [0.15, 0.2) is 59.8 Å². The van der Waals surface area contributed by atoms with Crippen molar-refractivity contribution in [2.75, 3.05) is 5.73 Å². The van der Waals surface area contributed by atoms with E-state index in [1.807, 2.05) is 42.5 Å². The fourth-order valence-corrected chi connectivity index (χ4v) is 2.33. The van der Waals surface area contributed by atoms with Gasteiger partial charge in [-0.05, 0) is 17.3 Å². The Bertz CT molecular complexity index is 799. The number of benzene rings is 2. The minimum absolute atomic E-state index is 0.112. The van der Waals surface area contributed by atoms with Crippen LogP contribution in [0.1, 0.15) is 0 Å². The molecule has 0 aliphatic carbocycles. The van der Waals surface area contributed by atoms with Crippen molar-refractivity contribution in [1.29, 1.82) is 0 Å². The molecule has 0 amide bonds. The first-order valence-corrected chi connectivity index (χ1v) is 6.62. The van der Waals surface area contributed by atoms with Gasteiger partial charge in [-0.1, -0.05) is 54.1 Å². The highest BCUT2D eigenvalue weighted by molar-refractivity contribution is 6.32. The van der Waals surface area contributed by atoms with E-state index in [1.54, 1.807) is 12.1 Å². The minimum atomic E-state index is 0.112. The highest BCUT2D eigenvalue weighted by Crippen LogP contribution is 2.37. The van der Waals surface area contributed by atoms with Gasteiger partial charge in [-0.2, -0.15) is 5.10 Å². The Labute approximate surface area is 125 Å². The van der Waals surface area contributed by atoms with Gasteiger partial charge in [-0.25, -0.2) is 4.68 Å². The third-order valence-electron chi connectivity index (χ3n) is 3.11. The van der Waals surface area contributed by atoms with Crippen molar-refractivity contribution in [1.82, 2.24) is 9.78 Å². The second-order valence-electron chi connectivity index (χ2n) is 4.40. The average Bonchev–Trinajstić information content (AvgIpc) is 2.85. The number of nitroso groups, excluding NO2 is 1. The predicted octanol–water partition coefficient (Wildman–Crippen LogP) is 4.17. The van der Waals surface area contributed by atoms with E-state index in [-0.39, 0.29) is 11.5 Å². The quantitative estimate of drug-likeness (QED) is 0.737. The summed E-state index contributed by atoms with van der Waals surface area (Å²) in [6.45, 7) is 0. The molecule has 1 heterocycles. The van der Waals surface area contributed by atoms with Crippen LogP contribution in [-0.4, -0.2) is 9.78 Å². The van der Waals surface area contributed by atoms with Crippen LogP contribution in [0.5, 0.6) is 0 Å². The molecule has 0 aliphatic heterocycles. The van der Waals surface area contributed by atoms with Crippen LogP contribution < -0.4 is 5.73 Å². The smallest absolute Gasteiger partial charge is 0.178 e. The molecule has 5 nitrogen and oxygen atoms in total. The van der Waals surface area contributed by atoms with Crippen molar-refractivity contribution in [3.05, 3.63) is 64.5 Å². The van der Waals surface area contributed by atoms with Crippen LogP contribution in [0.25, 0.3) is 16.9 Å². The maximum atomic E-state index is 11.1. The molecule has 21 heavy (non-hydrogen) atoms. The SMILES string of the molecule is Nc1c(N=O)c(-c2ccccc2)nn1-c1ccccc1Cl. The van der Waals surface area contributed by atoms with Crippen LogP contribution in [0.3, 0.4) is 0 Å². The van der Waals surface area contributed by atoms with E-state index in [0.29, 0.717) is 16.4 Å². The summed E-state index contributed by atoms with van der Waals surface area (Å²) < 4.78 is 1.43. The number of halogens is 1. The van der Waals surface area contributed by atoms with Crippen molar-refractivity contribution < 1.29 is 0 Å². The Kier molecular flexibility index (Phi) is 3.41. The maximum absolute atomic E-state index is 11.1. The summed E-state index contributed by atoms with van der Waals surface area (Å²) in [6, 6.07) is 16.4. The molecule has 0 radical (unpaired) electrons. The van der Waals surface area contributed by atoms with Crippen LogP contribution in [-0.2, 0) is 0 Å². The summed E-state index contributed by atoms with van der Waals surface area (Å²) >= 11 is 6.16. The summed E-state index contributed by atoms with van der Waals surface area (Å²) in [5.41, 5.74) is 7.92. The van der Waals surface area contributed by atoms with Crippen LogP contribution in [0.2, 0.25) is 5.02 Å². The molecule has 0 saturated carbocycles. The lowest BCUT2D eigenvalue weighted by atomic mass is 10.1. The molecule has 0 bridgehead atoms. The Morgan fingerprint density at radius 1 is 1.05 bits per heavy atom. The van der Waals surface area contributed by atoms with E-state index in [2.05, 4.69) is 10.3 Å². The molecule has 2 aromatic carbocycles. The highest BCUT2D eigenvalue weighted by atomic mass is 35.5. The minimum Gasteiger partial charge on any atom is -0.382 e. The van der Waals surface area contributed by atoms with Gasteiger partial charge in [0.2, 0.25) is 0 Å². The van der Waals surface area contributed by atoms with Crippen molar-refractivity contribution in [3.63, 3.8) is 0 Å². The Balaban J connectivity index is 2.24. The fraction of sp³-hybridized carbons (Fsp3) is 0. The summed E-state index contributed by atoms with van der Waals surface area (Å²) in [4.78, 5) is 11.1. The zero-order valence-corrected chi connectivity index (χ0v) is 11.7. The third-order valence-corrected chi connectivity index (χ3v) is 3.43. The molecular formula is C15H11ClN4O. The van der Waals surface area contributed by atoms with Gasteiger partial charge in [0.25, 0.3) is 0 Å². The first-order valence-electron chi connectivity index (χ1n) is 6.24. The fourth-order valence-electron chi connectivity index (χ4n) is 2.11. The van der Waals surface area contributed by atoms with Gasteiger partial charge < -0.3 is 5.73 Å². The lowest BCUT2D eigenvalue weighted by molar-refractivity contribution is 0.895. The second kappa shape index (κ2) is 5.38. The van der Waals surface area contributed by atoms with Crippen molar-refractivity contribution >= 4 is 23.1 Å². The van der Waals surface area contributed by atoms with Crippen molar-refractivity contribution in [2.45, 2.75) is 0 Å². The van der Waals surface area contributed by atoms with Crippen molar-refractivity contribution in [2.24, 2.45) is 5.18 Å². The Hall–Kier alpha value is -2.66. The number of para-hydroxylation sites is 1. The van der Waals surface area contributed by atoms with E-state index in [9.17, 15) is 4.91 Å². The number of aromatic nitrogens is 2. The van der Waals surface area contributed by atoms with E-state index in [1.165, 1.54) is 4.68 Å².